The number of nitrogens with one attached hydrogen (secondary N) is 2. The average molecular weight is 699 g/mol. The summed E-state index contributed by atoms with van der Waals surface area (Å²) in [6.45, 7) is 7.68. The van der Waals surface area contributed by atoms with Crippen LogP contribution in [0.1, 0.15) is 56.0 Å². The molecule has 266 valence electrons. The van der Waals surface area contributed by atoms with Crippen LogP contribution in [0.25, 0.3) is 0 Å². The Bertz CT molecular complexity index is 1670. The number of carbonyl (C=O) groups excluding carboxylic acids is 2. The Morgan fingerprint density at radius 3 is 2.37 bits per heavy atom. The Kier molecular flexibility index (Phi) is 13.2. The highest BCUT2D eigenvalue weighted by atomic mass is 32.2. The first-order valence-corrected chi connectivity index (χ1v) is 17.9. The molecule has 0 radical (unpaired) electrons. The Labute approximate surface area is 288 Å². The molecule has 4 rings (SSSR count). The van der Waals surface area contributed by atoms with Gasteiger partial charge in [0, 0.05) is 44.0 Å². The maximum atomic E-state index is 14.3. The third-order valence-corrected chi connectivity index (χ3v) is 10.4. The van der Waals surface area contributed by atoms with E-state index in [0.717, 1.165) is 18.4 Å². The van der Waals surface area contributed by atoms with Crippen LogP contribution in [0.2, 0.25) is 0 Å². The molecule has 0 fully saturated rings. The van der Waals surface area contributed by atoms with E-state index in [9.17, 15) is 27.5 Å². The van der Waals surface area contributed by atoms with Crippen molar-refractivity contribution in [1.29, 1.82) is 0 Å². The van der Waals surface area contributed by atoms with Gasteiger partial charge in [-0.3, -0.25) is 4.79 Å². The maximum Gasteiger partial charge on any atom is 0.323 e. The number of ether oxygens (including phenoxy) is 2. The number of aliphatic hydroxyl groups is 1. The number of amides is 3. The molecule has 3 aromatic carbocycles. The van der Waals surface area contributed by atoms with Gasteiger partial charge in [-0.15, -0.1) is 0 Å². The highest BCUT2D eigenvalue weighted by Gasteiger charge is 2.32. The minimum absolute atomic E-state index is 0.0558. The third kappa shape index (κ3) is 10.2. The van der Waals surface area contributed by atoms with E-state index in [1.807, 2.05) is 20.8 Å². The quantitative estimate of drug-likeness (QED) is 0.267. The van der Waals surface area contributed by atoms with Crippen LogP contribution in [0, 0.1) is 18.7 Å². The molecule has 0 spiro atoms. The van der Waals surface area contributed by atoms with Crippen molar-refractivity contribution in [2.45, 2.75) is 70.1 Å². The number of urea groups is 1. The van der Waals surface area contributed by atoms with Crippen LogP contribution in [-0.2, 0) is 14.8 Å². The van der Waals surface area contributed by atoms with Crippen LogP contribution in [0.15, 0.2) is 71.6 Å². The second-order valence-electron chi connectivity index (χ2n) is 12.7. The van der Waals surface area contributed by atoms with Crippen molar-refractivity contribution in [2.24, 2.45) is 5.92 Å². The van der Waals surface area contributed by atoms with Gasteiger partial charge in [0.25, 0.3) is 5.91 Å². The topological polar surface area (TPSA) is 138 Å². The van der Waals surface area contributed by atoms with E-state index >= 15 is 0 Å². The maximum absolute atomic E-state index is 14.3. The van der Waals surface area contributed by atoms with Crippen LogP contribution in [0.5, 0.6) is 5.75 Å². The van der Waals surface area contributed by atoms with Gasteiger partial charge in [-0.25, -0.2) is 17.6 Å². The molecule has 11 nitrogen and oxygen atoms in total. The fourth-order valence-electron chi connectivity index (χ4n) is 5.53. The zero-order valence-corrected chi connectivity index (χ0v) is 29.5. The van der Waals surface area contributed by atoms with E-state index in [2.05, 4.69) is 10.6 Å². The van der Waals surface area contributed by atoms with Crippen molar-refractivity contribution >= 4 is 33.3 Å². The van der Waals surface area contributed by atoms with Crippen molar-refractivity contribution in [1.82, 2.24) is 9.21 Å². The summed E-state index contributed by atoms with van der Waals surface area (Å²) in [7, 11) is -2.29. The smallest absolute Gasteiger partial charge is 0.323 e. The van der Waals surface area contributed by atoms with Gasteiger partial charge in [-0.1, -0.05) is 24.6 Å². The van der Waals surface area contributed by atoms with E-state index in [1.165, 1.54) is 46.6 Å². The molecule has 0 saturated heterocycles. The van der Waals surface area contributed by atoms with Gasteiger partial charge in [0.05, 0.1) is 35.3 Å². The minimum Gasteiger partial charge on any atom is -0.490 e. The average Bonchev–Trinajstić information content (AvgIpc) is 3.07. The van der Waals surface area contributed by atoms with Gasteiger partial charge in [-0.05, 0) is 94.6 Å². The normalized spacial score (nSPS) is 20.1. The summed E-state index contributed by atoms with van der Waals surface area (Å²) in [6, 6.07) is 15.6. The van der Waals surface area contributed by atoms with Gasteiger partial charge in [0.1, 0.15) is 11.6 Å². The Balaban J connectivity index is 1.62. The first-order valence-electron chi connectivity index (χ1n) is 16.5. The number of likely N-dealkylation sites (N-methyl/N-ethyl adjacent to an activating group) is 1. The van der Waals surface area contributed by atoms with E-state index < -0.39 is 39.9 Å². The van der Waals surface area contributed by atoms with Crippen molar-refractivity contribution in [3.05, 3.63) is 83.7 Å². The van der Waals surface area contributed by atoms with Crippen LogP contribution in [0.3, 0.4) is 0 Å². The van der Waals surface area contributed by atoms with Crippen LogP contribution < -0.4 is 15.4 Å². The lowest BCUT2D eigenvalue weighted by Gasteiger charge is -2.35. The van der Waals surface area contributed by atoms with Gasteiger partial charge in [0.2, 0.25) is 10.0 Å². The molecule has 0 saturated carbocycles. The summed E-state index contributed by atoms with van der Waals surface area (Å²) in [5.41, 5.74) is 1.84. The summed E-state index contributed by atoms with van der Waals surface area (Å²) in [5, 5.41) is 15.6. The number of hydrogen-bond acceptors (Lipinski definition) is 7. The molecule has 13 heteroatoms. The molecule has 1 aliphatic heterocycles. The largest absolute Gasteiger partial charge is 0.490 e. The standard InChI is InChI=1S/C36H47FN4O7S/c1-24-9-16-31(17-10-24)49(45,46)40(5)22-34-25(2)21-41(26(3)23-42)35(43)32-20-30(39-36(44)38-29-13-11-28(37)12-14-29)15-18-33(32)48-27(4)8-6-7-19-47-34/h9-18,20,25-27,34,42H,6-8,19,21-23H2,1-5H3,(H2,38,39,44)/t25-,26+,27-,34+/m0/s1. The van der Waals surface area contributed by atoms with E-state index in [4.69, 9.17) is 9.47 Å². The number of anilines is 2. The highest BCUT2D eigenvalue weighted by Crippen LogP contribution is 2.29. The first-order chi connectivity index (χ1) is 23.3. The van der Waals surface area contributed by atoms with Crippen molar-refractivity contribution < 1.29 is 37.0 Å². The van der Waals surface area contributed by atoms with Crippen LogP contribution in [0.4, 0.5) is 20.6 Å². The van der Waals surface area contributed by atoms with Gasteiger partial charge >= 0.3 is 6.03 Å². The second kappa shape index (κ2) is 17.1. The number of hydrogen-bond donors (Lipinski definition) is 3. The molecule has 3 aromatic rings. The zero-order valence-electron chi connectivity index (χ0n) is 28.7. The minimum atomic E-state index is -3.81. The van der Waals surface area contributed by atoms with E-state index in [-0.39, 0.29) is 42.2 Å². The molecule has 3 N–H and O–H groups in total. The number of benzene rings is 3. The summed E-state index contributed by atoms with van der Waals surface area (Å²) >= 11 is 0. The van der Waals surface area contributed by atoms with Crippen LogP contribution >= 0.6 is 0 Å². The fraction of sp³-hybridized carbons (Fsp3) is 0.444. The predicted octanol–water partition coefficient (Wildman–Crippen LogP) is 5.89. The Morgan fingerprint density at radius 2 is 1.69 bits per heavy atom. The molecular weight excluding hydrogens is 651 g/mol. The summed E-state index contributed by atoms with van der Waals surface area (Å²) in [4.78, 5) is 28.8. The summed E-state index contributed by atoms with van der Waals surface area (Å²) < 4.78 is 54.1. The monoisotopic (exact) mass is 698 g/mol. The number of halogens is 1. The molecule has 49 heavy (non-hydrogen) atoms. The zero-order chi connectivity index (χ0) is 35.7. The molecule has 0 bridgehead atoms. The number of nitrogens with zero attached hydrogens (tertiary/aromatic N) is 2. The van der Waals surface area contributed by atoms with E-state index in [0.29, 0.717) is 30.2 Å². The number of carbonyl (C=O) groups is 2. The third-order valence-electron chi connectivity index (χ3n) is 8.58. The predicted molar refractivity (Wildman–Crippen MR) is 187 cm³/mol. The van der Waals surface area contributed by atoms with E-state index in [1.54, 1.807) is 43.3 Å². The Morgan fingerprint density at radius 1 is 1.04 bits per heavy atom. The van der Waals surface area contributed by atoms with Gasteiger partial charge < -0.3 is 30.1 Å². The molecule has 0 aliphatic carbocycles. The number of aryl methyl sites for hydroxylation is 1. The molecule has 1 heterocycles. The lowest BCUT2D eigenvalue weighted by atomic mass is 10.0. The molecule has 0 aromatic heterocycles. The molecule has 0 unspecified atom stereocenters. The van der Waals surface area contributed by atoms with Crippen molar-refractivity contribution in [3.63, 3.8) is 0 Å². The number of aliphatic hydroxyl groups excluding tert-OH is 1. The molecular formula is C36H47FN4O7S. The Hall–Kier alpha value is -4.04. The lowest BCUT2D eigenvalue weighted by Crippen LogP contribution is -2.48. The number of fused-ring (bicyclic) bond motifs is 1. The van der Waals surface area contributed by atoms with Crippen molar-refractivity contribution in [3.8, 4) is 5.75 Å². The number of sulfonamides is 1. The first kappa shape index (κ1) is 37.8. The summed E-state index contributed by atoms with van der Waals surface area (Å²) in [6.07, 6.45) is 1.36. The number of rotatable bonds is 8. The lowest BCUT2D eigenvalue weighted by molar-refractivity contribution is -0.00833. The molecule has 3 amide bonds. The van der Waals surface area contributed by atoms with Gasteiger partial charge in [0.15, 0.2) is 0 Å². The molecule has 1 aliphatic rings. The highest BCUT2D eigenvalue weighted by molar-refractivity contribution is 7.89. The summed E-state index contributed by atoms with van der Waals surface area (Å²) in [5.74, 6) is -0.881. The SMILES string of the molecule is Cc1ccc(S(=O)(=O)N(C)C[C@H]2OCCCC[C@H](C)Oc3ccc(NC(=O)Nc4ccc(F)cc4)cc3C(=O)N([C@H](C)CO)C[C@@H]2C)cc1. The van der Waals surface area contributed by atoms with Gasteiger partial charge in [-0.2, -0.15) is 4.31 Å². The molecule has 4 atom stereocenters. The second-order valence-corrected chi connectivity index (χ2v) is 14.7. The van der Waals surface area contributed by atoms with Crippen LogP contribution in [-0.4, -0.2) is 86.3 Å². The van der Waals surface area contributed by atoms with Crippen molar-refractivity contribution in [2.75, 3.05) is 44.0 Å². The fourth-order valence-corrected chi connectivity index (χ4v) is 6.71.